The van der Waals surface area contributed by atoms with Crippen LogP contribution in [0.1, 0.15) is 47.7 Å². The SMILES string of the molecule is Cc1ccccc1OCCC(=O)N[C@H]1CCCc2c1cnn2Cc1ccccc1. The maximum absolute atomic E-state index is 12.5. The summed E-state index contributed by atoms with van der Waals surface area (Å²) in [6.07, 6.45) is 5.28. The van der Waals surface area contributed by atoms with Gasteiger partial charge in [-0.2, -0.15) is 5.10 Å². The fourth-order valence-electron chi connectivity index (χ4n) is 3.90. The van der Waals surface area contributed by atoms with Gasteiger partial charge in [0.15, 0.2) is 0 Å². The summed E-state index contributed by atoms with van der Waals surface area (Å²) >= 11 is 0. The van der Waals surface area contributed by atoms with Crippen molar-refractivity contribution in [2.45, 2.75) is 45.2 Å². The Kier molecular flexibility index (Phi) is 5.94. The molecule has 3 aromatic rings. The van der Waals surface area contributed by atoms with E-state index in [1.54, 1.807) is 0 Å². The summed E-state index contributed by atoms with van der Waals surface area (Å²) in [5, 5.41) is 7.78. The van der Waals surface area contributed by atoms with E-state index in [1.807, 2.05) is 55.6 Å². The van der Waals surface area contributed by atoms with E-state index in [1.165, 1.54) is 11.3 Å². The number of aryl methyl sites for hydroxylation is 1. The van der Waals surface area contributed by atoms with E-state index in [0.29, 0.717) is 13.0 Å². The molecular formula is C24H27N3O2. The standard InChI is InChI=1S/C24H27N3O2/c1-18-8-5-6-13-23(18)29-15-14-24(28)26-21-11-7-12-22-20(21)16-25-27(22)17-19-9-3-2-4-10-19/h2-6,8-10,13,16,21H,7,11-12,14-15,17H2,1H3,(H,26,28)/t21-/m0/s1. The lowest BCUT2D eigenvalue weighted by atomic mass is 9.92. The Morgan fingerprint density at radius 1 is 1.17 bits per heavy atom. The molecule has 0 aliphatic heterocycles. The van der Waals surface area contributed by atoms with Crippen LogP contribution in [0, 0.1) is 6.92 Å². The van der Waals surface area contributed by atoms with Crippen LogP contribution in [-0.4, -0.2) is 22.3 Å². The molecule has 0 saturated carbocycles. The van der Waals surface area contributed by atoms with E-state index in [9.17, 15) is 4.79 Å². The summed E-state index contributed by atoms with van der Waals surface area (Å²) in [4.78, 5) is 12.5. The van der Waals surface area contributed by atoms with E-state index >= 15 is 0 Å². The molecule has 0 fully saturated rings. The number of fused-ring (bicyclic) bond motifs is 1. The van der Waals surface area contributed by atoms with Crippen LogP contribution in [0.3, 0.4) is 0 Å². The van der Waals surface area contributed by atoms with Gasteiger partial charge in [-0.05, 0) is 43.4 Å². The van der Waals surface area contributed by atoms with Crippen LogP contribution in [0.15, 0.2) is 60.8 Å². The van der Waals surface area contributed by atoms with E-state index in [2.05, 4.69) is 27.2 Å². The van der Waals surface area contributed by atoms with Crippen molar-refractivity contribution in [2.75, 3.05) is 6.61 Å². The molecule has 0 radical (unpaired) electrons. The number of ether oxygens (including phenoxy) is 1. The summed E-state index contributed by atoms with van der Waals surface area (Å²) in [6, 6.07) is 18.3. The minimum absolute atomic E-state index is 0.0206. The maximum atomic E-state index is 12.5. The lowest BCUT2D eigenvalue weighted by Crippen LogP contribution is -2.31. The molecule has 1 amide bonds. The molecule has 0 bridgehead atoms. The van der Waals surface area contributed by atoms with Gasteiger partial charge in [0.2, 0.25) is 5.91 Å². The quantitative estimate of drug-likeness (QED) is 0.659. The van der Waals surface area contributed by atoms with Gasteiger partial charge in [0.25, 0.3) is 0 Å². The van der Waals surface area contributed by atoms with Gasteiger partial charge in [0, 0.05) is 11.3 Å². The molecule has 150 valence electrons. The number of rotatable bonds is 7. The van der Waals surface area contributed by atoms with Crippen LogP contribution in [0.5, 0.6) is 5.75 Å². The number of nitrogens with zero attached hydrogens (tertiary/aromatic N) is 2. The van der Waals surface area contributed by atoms with Crippen LogP contribution in [0.2, 0.25) is 0 Å². The van der Waals surface area contributed by atoms with Gasteiger partial charge in [-0.15, -0.1) is 0 Å². The van der Waals surface area contributed by atoms with Crippen molar-refractivity contribution in [3.63, 3.8) is 0 Å². The number of hydrogen-bond acceptors (Lipinski definition) is 3. The predicted molar refractivity (Wildman–Crippen MR) is 113 cm³/mol. The second-order valence-corrected chi connectivity index (χ2v) is 7.57. The highest BCUT2D eigenvalue weighted by molar-refractivity contribution is 5.76. The Morgan fingerprint density at radius 3 is 2.79 bits per heavy atom. The molecule has 1 aliphatic carbocycles. The molecule has 2 aromatic carbocycles. The zero-order valence-electron chi connectivity index (χ0n) is 16.8. The number of carbonyl (C=O) groups excluding carboxylic acids is 1. The van der Waals surface area contributed by atoms with E-state index < -0.39 is 0 Å². The first-order chi connectivity index (χ1) is 14.2. The van der Waals surface area contributed by atoms with Gasteiger partial charge in [0.1, 0.15) is 5.75 Å². The molecular weight excluding hydrogens is 362 g/mol. The molecule has 0 spiro atoms. The molecule has 0 unspecified atom stereocenters. The first kappa shape index (κ1) is 19.2. The number of aromatic nitrogens is 2. The average molecular weight is 389 g/mol. The van der Waals surface area contributed by atoms with Gasteiger partial charge >= 0.3 is 0 Å². The van der Waals surface area contributed by atoms with Crippen LogP contribution < -0.4 is 10.1 Å². The number of para-hydroxylation sites is 1. The highest BCUT2D eigenvalue weighted by Gasteiger charge is 2.25. The summed E-state index contributed by atoms with van der Waals surface area (Å²) in [5.41, 5.74) is 4.70. The first-order valence-electron chi connectivity index (χ1n) is 10.3. The smallest absolute Gasteiger partial charge is 0.223 e. The monoisotopic (exact) mass is 389 g/mol. The third-order valence-electron chi connectivity index (χ3n) is 5.45. The molecule has 4 rings (SSSR count). The normalized spacial score (nSPS) is 15.6. The third kappa shape index (κ3) is 4.67. The first-order valence-corrected chi connectivity index (χ1v) is 10.3. The minimum atomic E-state index is 0.0206. The second kappa shape index (κ2) is 8.95. The summed E-state index contributed by atoms with van der Waals surface area (Å²) in [6.45, 7) is 3.15. The van der Waals surface area contributed by atoms with E-state index in [-0.39, 0.29) is 11.9 Å². The van der Waals surface area contributed by atoms with Crippen molar-refractivity contribution >= 4 is 5.91 Å². The maximum Gasteiger partial charge on any atom is 0.223 e. The Labute approximate surface area is 171 Å². The van der Waals surface area contributed by atoms with Gasteiger partial charge in [-0.1, -0.05) is 48.5 Å². The lowest BCUT2D eigenvalue weighted by molar-refractivity contribution is -0.122. The highest BCUT2D eigenvalue weighted by Crippen LogP contribution is 2.30. The van der Waals surface area contributed by atoms with Crippen molar-refractivity contribution in [1.82, 2.24) is 15.1 Å². The van der Waals surface area contributed by atoms with Crippen LogP contribution in [0.25, 0.3) is 0 Å². The summed E-state index contributed by atoms with van der Waals surface area (Å²) in [5.74, 6) is 0.856. The van der Waals surface area contributed by atoms with Gasteiger partial charge < -0.3 is 10.1 Å². The highest BCUT2D eigenvalue weighted by atomic mass is 16.5. The fourth-order valence-corrected chi connectivity index (χ4v) is 3.90. The zero-order chi connectivity index (χ0) is 20.1. The number of hydrogen-bond donors (Lipinski definition) is 1. The van der Waals surface area contributed by atoms with Crippen LogP contribution >= 0.6 is 0 Å². The number of nitrogens with one attached hydrogen (secondary N) is 1. The Balaban J connectivity index is 1.34. The molecule has 5 heteroatoms. The predicted octanol–water partition coefficient (Wildman–Crippen LogP) is 4.20. The Bertz CT molecular complexity index is 965. The third-order valence-corrected chi connectivity index (χ3v) is 5.45. The van der Waals surface area contributed by atoms with Crippen molar-refractivity contribution in [2.24, 2.45) is 0 Å². The zero-order valence-corrected chi connectivity index (χ0v) is 16.8. The van der Waals surface area contributed by atoms with Crippen molar-refractivity contribution < 1.29 is 9.53 Å². The van der Waals surface area contributed by atoms with Gasteiger partial charge in [-0.25, -0.2) is 0 Å². The van der Waals surface area contributed by atoms with Crippen molar-refractivity contribution in [3.8, 4) is 5.75 Å². The molecule has 5 nitrogen and oxygen atoms in total. The van der Waals surface area contributed by atoms with E-state index in [4.69, 9.17) is 4.74 Å². The summed E-state index contributed by atoms with van der Waals surface area (Å²) < 4.78 is 7.83. The second-order valence-electron chi connectivity index (χ2n) is 7.57. The van der Waals surface area contributed by atoms with Crippen LogP contribution in [0.4, 0.5) is 0 Å². The Hall–Kier alpha value is -3.08. The van der Waals surface area contributed by atoms with Gasteiger partial charge in [0.05, 0.1) is 31.8 Å². The van der Waals surface area contributed by atoms with Crippen molar-refractivity contribution in [1.29, 1.82) is 0 Å². The molecule has 1 aliphatic rings. The minimum Gasteiger partial charge on any atom is -0.493 e. The van der Waals surface area contributed by atoms with Crippen molar-refractivity contribution in [3.05, 3.63) is 83.2 Å². The fraction of sp³-hybridized carbons (Fsp3) is 0.333. The van der Waals surface area contributed by atoms with Gasteiger partial charge in [-0.3, -0.25) is 9.48 Å². The average Bonchev–Trinajstić information content (AvgIpc) is 3.14. The molecule has 1 heterocycles. The lowest BCUT2D eigenvalue weighted by Gasteiger charge is -2.24. The van der Waals surface area contributed by atoms with Crippen LogP contribution in [-0.2, 0) is 17.8 Å². The largest absolute Gasteiger partial charge is 0.493 e. The number of benzene rings is 2. The van der Waals surface area contributed by atoms with E-state index in [0.717, 1.165) is 42.7 Å². The molecule has 1 atom stereocenters. The number of carbonyl (C=O) groups is 1. The molecule has 1 aromatic heterocycles. The summed E-state index contributed by atoms with van der Waals surface area (Å²) in [7, 11) is 0. The Morgan fingerprint density at radius 2 is 1.97 bits per heavy atom. The topological polar surface area (TPSA) is 56.1 Å². The number of amides is 1. The molecule has 1 N–H and O–H groups in total. The molecule has 29 heavy (non-hydrogen) atoms. The molecule has 0 saturated heterocycles.